The summed E-state index contributed by atoms with van der Waals surface area (Å²) in [7, 11) is -4.62. The molecule has 0 aromatic heterocycles. The van der Waals surface area contributed by atoms with Crippen molar-refractivity contribution < 1.29 is 42.7 Å². The van der Waals surface area contributed by atoms with Gasteiger partial charge in [-0.15, -0.1) is 0 Å². The molecular weight excluding hydrogens is 778 g/mol. The highest BCUT2D eigenvalue weighted by molar-refractivity contribution is 7.47. The summed E-state index contributed by atoms with van der Waals surface area (Å²) in [6.45, 7) is 3.77. The molecule has 11 heteroatoms. The average molecular weight is 868 g/mol. The molecule has 0 amide bonds. The first-order valence-corrected chi connectivity index (χ1v) is 25.7. The number of carboxylic acids is 1. The van der Waals surface area contributed by atoms with Gasteiger partial charge < -0.3 is 25.2 Å². The molecule has 0 aromatic carbocycles. The number of hydrogen-bond acceptors (Lipinski definition) is 8. The van der Waals surface area contributed by atoms with Crippen molar-refractivity contribution >= 4 is 19.8 Å². The van der Waals surface area contributed by atoms with Crippen molar-refractivity contribution in [2.75, 3.05) is 26.4 Å². The zero-order valence-corrected chi connectivity index (χ0v) is 39.2. The fourth-order valence-electron chi connectivity index (χ4n) is 6.65. The van der Waals surface area contributed by atoms with Gasteiger partial charge in [-0.3, -0.25) is 18.6 Å². The molecule has 0 aliphatic carbocycles. The number of esters is 1. The molecule has 0 aliphatic rings. The maximum absolute atomic E-state index is 12.7. The van der Waals surface area contributed by atoms with Crippen LogP contribution in [0.1, 0.15) is 213 Å². The van der Waals surface area contributed by atoms with Gasteiger partial charge in [0.1, 0.15) is 12.1 Å². The lowest BCUT2D eigenvalue weighted by Crippen LogP contribution is -2.34. The predicted octanol–water partition coefficient (Wildman–Crippen LogP) is 13.8. The number of nitrogens with two attached hydrogens (primary N) is 1. The number of carbonyl (C=O) groups is 2. The number of allylic oxidation sites excluding steroid dienone is 8. The van der Waals surface area contributed by atoms with Gasteiger partial charge in [0.2, 0.25) is 0 Å². The van der Waals surface area contributed by atoms with Crippen LogP contribution in [0.5, 0.6) is 0 Å². The molecule has 60 heavy (non-hydrogen) atoms. The summed E-state index contributed by atoms with van der Waals surface area (Å²) in [5.74, 6) is -1.78. The number of ether oxygens (including phenoxy) is 2. The Hall–Kier alpha value is -2.07. The van der Waals surface area contributed by atoms with Gasteiger partial charge >= 0.3 is 19.8 Å². The van der Waals surface area contributed by atoms with E-state index in [-0.39, 0.29) is 13.0 Å². The lowest BCUT2D eigenvalue weighted by Gasteiger charge is -2.20. The molecule has 0 bridgehead atoms. The first-order valence-electron chi connectivity index (χ1n) is 24.2. The van der Waals surface area contributed by atoms with Crippen molar-refractivity contribution in [1.29, 1.82) is 0 Å². The van der Waals surface area contributed by atoms with Crippen LogP contribution in [-0.4, -0.2) is 60.5 Å². The highest BCUT2D eigenvalue weighted by atomic mass is 31.2. The van der Waals surface area contributed by atoms with Crippen LogP contribution in [0.4, 0.5) is 0 Å². The van der Waals surface area contributed by atoms with Crippen LogP contribution in [0.3, 0.4) is 0 Å². The summed E-state index contributed by atoms with van der Waals surface area (Å²) in [6, 6.07) is -1.48. The van der Waals surface area contributed by atoms with Gasteiger partial charge in [-0.2, -0.15) is 0 Å². The molecule has 3 unspecified atom stereocenters. The van der Waals surface area contributed by atoms with E-state index in [1.807, 2.05) is 0 Å². The number of hydrogen-bond donors (Lipinski definition) is 3. The number of carbonyl (C=O) groups excluding carboxylic acids is 1. The second kappa shape index (κ2) is 45.0. The molecule has 0 rings (SSSR count). The van der Waals surface area contributed by atoms with E-state index in [4.69, 9.17) is 29.4 Å². The second-order valence-corrected chi connectivity index (χ2v) is 17.7. The number of unbranched alkanes of at least 4 members (excludes halogenated alkanes) is 24. The SMILES string of the molecule is CC/C=C\C/C=C\C/C=C\C/C=C\CCCCCCCCCOCC(COP(=O)(O)OCC(N)C(=O)O)OC(=O)CCCCCCCCCCCCCCCCCCCC. The van der Waals surface area contributed by atoms with Crippen LogP contribution in [0.15, 0.2) is 48.6 Å². The van der Waals surface area contributed by atoms with Crippen LogP contribution < -0.4 is 5.73 Å². The number of carboxylic acid groups (broad SMARTS) is 1. The maximum Gasteiger partial charge on any atom is 0.472 e. The van der Waals surface area contributed by atoms with Gasteiger partial charge in [-0.25, -0.2) is 4.57 Å². The smallest absolute Gasteiger partial charge is 0.472 e. The molecule has 0 saturated heterocycles. The number of phosphoric ester groups is 1. The van der Waals surface area contributed by atoms with E-state index in [0.717, 1.165) is 64.2 Å². The van der Waals surface area contributed by atoms with Crippen molar-refractivity contribution in [3.8, 4) is 0 Å². The third-order valence-electron chi connectivity index (χ3n) is 10.4. The predicted molar refractivity (Wildman–Crippen MR) is 249 cm³/mol. The summed E-state index contributed by atoms with van der Waals surface area (Å²) in [5, 5.41) is 8.92. The summed E-state index contributed by atoms with van der Waals surface area (Å²) in [4.78, 5) is 33.6. The molecular formula is C49H90NO9P. The topological polar surface area (TPSA) is 155 Å². The summed E-state index contributed by atoms with van der Waals surface area (Å²) in [5.41, 5.74) is 5.37. The number of rotatable bonds is 46. The Morgan fingerprint density at radius 3 is 1.45 bits per heavy atom. The Kier molecular flexibility index (Phi) is 43.4. The molecule has 0 aliphatic heterocycles. The lowest BCUT2D eigenvalue weighted by molar-refractivity contribution is -0.154. The molecule has 10 nitrogen and oxygen atoms in total. The van der Waals surface area contributed by atoms with Gasteiger partial charge in [-0.1, -0.05) is 204 Å². The van der Waals surface area contributed by atoms with Crippen molar-refractivity contribution in [2.24, 2.45) is 5.73 Å². The molecule has 0 radical (unpaired) electrons. The van der Waals surface area contributed by atoms with Gasteiger partial charge in [0, 0.05) is 13.0 Å². The van der Waals surface area contributed by atoms with E-state index >= 15 is 0 Å². The van der Waals surface area contributed by atoms with Gasteiger partial charge in [0.05, 0.1) is 19.8 Å². The second-order valence-electron chi connectivity index (χ2n) is 16.2. The van der Waals surface area contributed by atoms with E-state index < -0.39 is 45.1 Å². The Morgan fingerprint density at radius 1 is 0.550 bits per heavy atom. The maximum atomic E-state index is 12.7. The van der Waals surface area contributed by atoms with E-state index in [2.05, 4.69) is 62.5 Å². The van der Waals surface area contributed by atoms with Gasteiger partial charge in [-0.05, 0) is 51.4 Å². The standard InChI is InChI=1S/C49H90NO9P/c1-3-5-7-9-11-13-15-17-19-21-23-24-26-28-30-32-34-36-38-40-42-56-43-46(44-57-60(54,55)58-45-47(50)49(52)53)59-48(51)41-39-37-35-33-31-29-27-25-22-20-18-16-14-12-10-8-6-4-2/h5,7,11,13,17,19,23-24,46-47H,3-4,6,8-10,12,14-16,18,20-22,25-45,50H2,1-2H3,(H,52,53)(H,54,55)/b7-5-,13-11-,19-17-,24-23-. The molecule has 0 fully saturated rings. The largest absolute Gasteiger partial charge is 0.480 e. The van der Waals surface area contributed by atoms with Crippen molar-refractivity contribution in [3.05, 3.63) is 48.6 Å². The molecule has 0 heterocycles. The van der Waals surface area contributed by atoms with Gasteiger partial charge in [0.15, 0.2) is 0 Å². The van der Waals surface area contributed by atoms with Crippen LogP contribution in [0.2, 0.25) is 0 Å². The lowest BCUT2D eigenvalue weighted by atomic mass is 10.0. The fraction of sp³-hybridized carbons (Fsp3) is 0.796. The van der Waals surface area contributed by atoms with Gasteiger partial charge in [0.25, 0.3) is 0 Å². The third-order valence-corrected chi connectivity index (χ3v) is 11.3. The highest BCUT2D eigenvalue weighted by Crippen LogP contribution is 2.43. The van der Waals surface area contributed by atoms with Crippen molar-refractivity contribution in [1.82, 2.24) is 0 Å². The average Bonchev–Trinajstić information content (AvgIpc) is 3.23. The number of phosphoric acid groups is 1. The highest BCUT2D eigenvalue weighted by Gasteiger charge is 2.27. The molecule has 4 N–H and O–H groups in total. The Balaban J connectivity index is 4.18. The quantitative estimate of drug-likeness (QED) is 0.0233. The third kappa shape index (κ3) is 44.0. The molecule has 0 spiro atoms. The minimum Gasteiger partial charge on any atom is -0.480 e. The summed E-state index contributed by atoms with van der Waals surface area (Å²) < 4.78 is 33.5. The minimum atomic E-state index is -4.62. The van der Waals surface area contributed by atoms with Crippen LogP contribution in [-0.2, 0) is 32.7 Å². The Labute approximate surface area is 367 Å². The van der Waals surface area contributed by atoms with E-state index in [1.54, 1.807) is 0 Å². The Bertz CT molecular complexity index is 1140. The van der Waals surface area contributed by atoms with Crippen LogP contribution >= 0.6 is 7.82 Å². The van der Waals surface area contributed by atoms with Crippen LogP contribution in [0, 0.1) is 0 Å². The molecule has 350 valence electrons. The van der Waals surface area contributed by atoms with E-state index in [1.165, 1.54) is 122 Å². The monoisotopic (exact) mass is 868 g/mol. The Morgan fingerprint density at radius 2 is 0.967 bits per heavy atom. The molecule has 0 saturated carbocycles. The summed E-state index contributed by atoms with van der Waals surface area (Å²) in [6.07, 6.45) is 53.0. The van der Waals surface area contributed by atoms with Crippen molar-refractivity contribution in [2.45, 2.75) is 225 Å². The zero-order valence-electron chi connectivity index (χ0n) is 38.3. The first kappa shape index (κ1) is 57.9. The fourth-order valence-corrected chi connectivity index (χ4v) is 7.43. The van der Waals surface area contributed by atoms with Crippen molar-refractivity contribution in [3.63, 3.8) is 0 Å². The van der Waals surface area contributed by atoms with E-state index in [9.17, 15) is 19.0 Å². The molecule has 3 atom stereocenters. The molecule has 0 aromatic rings. The normalized spacial score (nSPS) is 14.2. The van der Waals surface area contributed by atoms with Crippen LogP contribution in [0.25, 0.3) is 0 Å². The zero-order chi connectivity index (χ0) is 44.0. The summed E-state index contributed by atoms with van der Waals surface area (Å²) >= 11 is 0. The first-order chi connectivity index (χ1) is 29.2. The number of aliphatic carboxylic acids is 1. The van der Waals surface area contributed by atoms with E-state index in [0.29, 0.717) is 13.0 Å². The minimum absolute atomic E-state index is 0.0107.